The summed E-state index contributed by atoms with van der Waals surface area (Å²) in [4.78, 5) is 38.9. The molecule has 1 N–H and O–H groups in total. The number of benzene rings is 1. The van der Waals surface area contributed by atoms with E-state index in [4.69, 9.17) is 4.74 Å². The number of ether oxygens (including phenoxy) is 1. The van der Waals surface area contributed by atoms with Gasteiger partial charge in [-0.1, -0.05) is 24.3 Å². The SMILES string of the molecule is CC(=O)N1C=Cc2ccccc2[C@@H]1CC(=O)OCC(=O)NC12CC3CC(CC(C3)C1)C2. The number of carbonyl (C=O) groups excluding carboxylic acids is 3. The van der Waals surface area contributed by atoms with Crippen LogP contribution < -0.4 is 5.32 Å². The molecule has 0 unspecified atom stereocenters. The van der Waals surface area contributed by atoms with Crippen LogP contribution in [0.1, 0.15) is 69.0 Å². The lowest BCUT2D eigenvalue weighted by molar-refractivity contribution is -0.151. The number of hydrogen-bond acceptors (Lipinski definition) is 4. The van der Waals surface area contributed by atoms with E-state index in [0.29, 0.717) is 0 Å². The lowest BCUT2D eigenvalue weighted by atomic mass is 9.53. The second-order valence-electron chi connectivity index (χ2n) is 10.00. The topological polar surface area (TPSA) is 75.7 Å². The van der Waals surface area contributed by atoms with E-state index in [2.05, 4.69) is 5.32 Å². The number of hydrogen-bond donors (Lipinski definition) is 1. The summed E-state index contributed by atoms with van der Waals surface area (Å²) in [7, 11) is 0. The van der Waals surface area contributed by atoms with E-state index in [-0.39, 0.29) is 30.4 Å². The van der Waals surface area contributed by atoms with Crippen molar-refractivity contribution in [2.45, 2.75) is 63.5 Å². The van der Waals surface area contributed by atoms with Crippen molar-refractivity contribution in [3.05, 3.63) is 41.6 Å². The maximum atomic E-state index is 12.6. The molecule has 1 aromatic carbocycles. The third kappa shape index (κ3) is 4.00. The molecule has 6 heteroatoms. The number of fused-ring (bicyclic) bond motifs is 1. The predicted molar refractivity (Wildman–Crippen MR) is 115 cm³/mol. The number of nitrogens with zero attached hydrogens (tertiary/aromatic N) is 1. The van der Waals surface area contributed by atoms with Crippen LogP contribution in [0.2, 0.25) is 0 Å². The fraction of sp³-hybridized carbons (Fsp3) is 0.560. The zero-order valence-corrected chi connectivity index (χ0v) is 18.0. The third-order valence-electron chi connectivity index (χ3n) is 7.64. The molecule has 4 aliphatic carbocycles. The number of rotatable bonds is 5. The highest BCUT2D eigenvalue weighted by Crippen LogP contribution is 2.55. The lowest BCUT2D eigenvalue weighted by Crippen LogP contribution is -2.60. The molecule has 1 aromatic rings. The van der Waals surface area contributed by atoms with Crippen molar-refractivity contribution < 1.29 is 19.1 Å². The first-order chi connectivity index (χ1) is 14.9. The minimum absolute atomic E-state index is 0.0194. The van der Waals surface area contributed by atoms with Crippen LogP contribution in [0.4, 0.5) is 0 Å². The monoisotopic (exact) mass is 422 g/mol. The fourth-order valence-corrected chi connectivity index (χ4v) is 6.87. The van der Waals surface area contributed by atoms with E-state index in [1.165, 1.54) is 26.2 Å². The summed E-state index contributed by atoms with van der Waals surface area (Å²) in [5.41, 5.74) is 1.81. The molecule has 0 spiro atoms. The van der Waals surface area contributed by atoms with E-state index in [0.717, 1.165) is 48.1 Å². The van der Waals surface area contributed by atoms with E-state index in [1.807, 2.05) is 30.3 Å². The van der Waals surface area contributed by atoms with Crippen LogP contribution in [0.25, 0.3) is 6.08 Å². The van der Waals surface area contributed by atoms with Crippen molar-refractivity contribution in [3.8, 4) is 0 Å². The van der Waals surface area contributed by atoms with Crippen molar-refractivity contribution in [2.24, 2.45) is 17.8 Å². The molecule has 164 valence electrons. The smallest absolute Gasteiger partial charge is 0.308 e. The van der Waals surface area contributed by atoms with Gasteiger partial charge in [0.15, 0.2) is 6.61 Å². The summed E-state index contributed by atoms with van der Waals surface area (Å²) in [6.07, 6.45) is 10.7. The molecule has 1 aliphatic heterocycles. The molecule has 4 bridgehead atoms. The summed E-state index contributed by atoms with van der Waals surface area (Å²) in [5, 5.41) is 3.23. The summed E-state index contributed by atoms with van der Waals surface area (Å²) in [6.45, 7) is 1.22. The Bertz CT molecular complexity index is 902. The Hall–Kier alpha value is -2.63. The first-order valence-corrected chi connectivity index (χ1v) is 11.4. The van der Waals surface area contributed by atoms with Crippen LogP contribution in [-0.2, 0) is 19.1 Å². The number of amides is 2. The molecule has 0 aromatic heterocycles. The molecule has 1 heterocycles. The standard InChI is InChI=1S/C25H30N2O4/c1-16(28)27-7-6-20-4-2-3-5-21(20)22(27)11-24(30)31-15-23(29)26-25-12-17-8-18(13-25)10-19(9-17)14-25/h2-7,17-19,22H,8-15H2,1H3,(H,26,29)/t17?,18?,19?,22-,25?/m0/s1. The van der Waals surface area contributed by atoms with Gasteiger partial charge in [0.25, 0.3) is 5.91 Å². The van der Waals surface area contributed by atoms with Gasteiger partial charge in [0.1, 0.15) is 0 Å². The molecule has 2 amide bonds. The van der Waals surface area contributed by atoms with Crippen LogP contribution in [0.15, 0.2) is 30.5 Å². The van der Waals surface area contributed by atoms with Gasteiger partial charge in [0, 0.05) is 18.7 Å². The quantitative estimate of drug-likeness (QED) is 0.736. The van der Waals surface area contributed by atoms with Gasteiger partial charge in [-0.15, -0.1) is 0 Å². The van der Waals surface area contributed by atoms with E-state index in [9.17, 15) is 14.4 Å². The zero-order valence-electron chi connectivity index (χ0n) is 18.0. The molecule has 4 fully saturated rings. The molecular formula is C25H30N2O4. The Kier molecular flexibility index (Phi) is 5.11. The third-order valence-corrected chi connectivity index (χ3v) is 7.64. The summed E-state index contributed by atoms with van der Waals surface area (Å²) in [6, 6.07) is 7.29. The van der Waals surface area contributed by atoms with Crippen LogP contribution in [0, 0.1) is 17.8 Å². The lowest BCUT2D eigenvalue weighted by Gasteiger charge is -2.56. The van der Waals surface area contributed by atoms with Gasteiger partial charge in [-0.2, -0.15) is 0 Å². The number of esters is 1. The first-order valence-electron chi connectivity index (χ1n) is 11.4. The Morgan fingerprint density at radius 3 is 2.35 bits per heavy atom. The van der Waals surface area contributed by atoms with Gasteiger partial charge >= 0.3 is 5.97 Å². The normalized spacial score (nSPS) is 32.5. The summed E-state index contributed by atoms with van der Waals surface area (Å²) in [5.74, 6) is 1.41. The van der Waals surface area contributed by atoms with Crippen LogP contribution in [-0.4, -0.2) is 34.8 Å². The van der Waals surface area contributed by atoms with E-state index < -0.39 is 12.0 Å². The number of carbonyl (C=O) groups is 3. The predicted octanol–water partition coefficient (Wildman–Crippen LogP) is 3.58. The average molecular weight is 423 g/mol. The molecule has 6 nitrogen and oxygen atoms in total. The first kappa shape index (κ1) is 20.3. The molecule has 6 rings (SSSR count). The van der Waals surface area contributed by atoms with Crippen molar-refractivity contribution in [2.75, 3.05) is 6.61 Å². The van der Waals surface area contributed by atoms with Crippen LogP contribution in [0.3, 0.4) is 0 Å². The Morgan fingerprint density at radius 2 is 1.71 bits per heavy atom. The Labute approximate surface area is 183 Å². The largest absolute Gasteiger partial charge is 0.456 e. The van der Waals surface area contributed by atoms with Crippen molar-refractivity contribution in [1.82, 2.24) is 10.2 Å². The average Bonchev–Trinajstić information content (AvgIpc) is 2.71. The molecular weight excluding hydrogens is 392 g/mol. The second kappa shape index (κ2) is 7.81. The van der Waals surface area contributed by atoms with E-state index >= 15 is 0 Å². The molecule has 31 heavy (non-hydrogen) atoms. The molecule has 1 atom stereocenters. The van der Waals surface area contributed by atoms with Gasteiger partial charge in [0.2, 0.25) is 5.91 Å². The minimum Gasteiger partial charge on any atom is -0.456 e. The van der Waals surface area contributed by atoms with Gasteiger partial charge in [0.05, 0.1) is 12.5 Å². The highest BCUT2D eigenvalue weighted by atomic mass is 16.5. The fourth-order valence-electron chi connectivity index (χ4n) is 6.87. The molecule has 0 saturated heterocycles. The van der Waals surface area contributed by atoms with Crippen LogP contribution >= 0.6 is 0 Å². The minimum atomic E-state index is -0.470. The summed E-state index contributed by atoms with van der Waals surface area (Å²) >= 11 is 0. The Morgan fingerprint density at radius 1 is 1.06 bits per heavy atom. The molecule has 4 saturated carbocycles. The van der Waals surface area contributed by atoms with Crippen molar-refractivity contribution in [3.63, 3.8) is 0 Å². The van der Waals surface area contributed by atoms with Gasteiger partial charge in [-0.05, 0) is 73.5 Å². The van der Waals surface area contributed by atoms with Gasteiger partial charge in [-0.25, -0.2) is 0 Å². The van der Waals surface area contributed by atoms with Gasteiger partial charge < -0.3 is 15.0 Å². The molecule has 5 aliphatic rings. The maximum absolute atomic E-state index is 12.6. The van der Waals surface area contributed by atoms with Crippen LogP contribution in [0.5, 0.6) is 0 Å². The van der Waals surface area contributed by atoms with E-state index in [1.54, 1.807) is 11.1 Å². The van der Waals surface area contributed by atoms with Crippen molar-refractivity contribution in [1.29, 1.82) is 0 Å². The van der Waals surface area contributed by atoms with Crippen molar-refractivity contribution >= 4 is 23.9 Å². The molecule has 0 radical (unpaired) electrons. The Balaban J connectivity index is 1.18. The second-order valence-corrected chi connectivity index (χ2v) is 10.00. The highest BCUT2D eigenvalue weighted by molar-refractivity contribution is 5.83. The number of nitrogens with one attached hydrogen (secondary N) is 1. The highest BCUT2D eigenvalue weighted by Gasteiger charge is 2.51. The summed E-state index contributed by atoms with van der Waals surface area (Å²) < 4.78 is 5.35. The zero-order chi connectivity index (χ0) is 21.6. The van der Waals surface area contributed by atoms with Gasteiger partial charge in [-0.3, -0.25) is 14.4 Å². The maximum Gasteiger partial charge on any atom is 0.308 e.